The minimum atomic E-state index is -3.57. The molecule has 176 valence electrons. The lowest BCUT2D eigenvalue weighted by atomic mass is 10.1. The second kappa shape index (κ2) is 9.84. The largest absolute Gasteiger partial charge is 0.347 e. The first-order valence-electron chi connectivity index (χ1n) is 10.9. The van der Waals surface area contributed by atoms with Crippen LogP contribution in [0.4, 0.5) is 0 Å². The molecule has 0 spiro atoms. The Hall–Kier alpha value is -3.04. The van der Waals surface area contributed by atoms with Crippen LogP contribution in [0.1, 0.15) is 43.7 Å². The first kappa shape index (κ1) is 24.6. The Kier molecular flexibility index (Phi) is 7.34. The molecule has 0 aliphatic carbocycles. The van der Waals surface area contributed by atoms with Crippen LogP contribution in [0.25, 0.3) is 10.8 Å². The average molecular weight is 471 g/mol. The zero-order chi connectivity index (χ0) is 24.3. The molecule has 1 amide bonds. The molecule has 0 bridgehead atoms. The zero-order valence-electron chi connectivity index (χ0n) is 19.6. The van der Waals surface area contributed by atoms with Crippen molar-refractivity contribution in [2.24, 2.45) is 5.92 Å². The van der Waals surface area contributed by atoms with Crippen LogP contribution in [0.5, 0.6) is 0 Å². The lowest BCUT2D eigenvalue weighted by molar-refractivity contribution is 0.0945. The molecule has 0 saturated heterocycles. The second-order valence-electron chi connectivity index (χ2n) is 8.72. The van der Waals surface area contributed by atoms with Crippen molar-refractivity contribution >= 4 is 26.7 Å². The van der Waals surface area contributed by atoms with Gasteiger partial charge in [-0.1, -0.05) is 44.2 Å². The maximum atomic E-state index is 13.0. The van der Waals surface area contributed by atoms with Crippen LogP contribution < -0.4 is 10.9 Å². The Balaban J connectivity index is 1.83. The number of aromatic nitrogens is 2. The highest BCUT2D eigenvalue weighted by Gasteiger charge is 2.23. The molecule has 1 heterocycles. The van der Waals surface area contributed by atoms with Crippen molar-refractivity contribution in [2.75, 3.05) is 7.05 Å². The molecule has 0 radical (unpaired) electrons. The summed E-state index contributed by atoms with van der Waals surface area (Å²) >= 11 is 0. The van der Waals surface area contributed by atoms with Crippen molar-refractivity contribution < 1.29 is 13.2 Å². The van der Waals surface area contributed by atoms with Gasteiger partial charge in [-0.3, -0.25) is 9.59 Å². The fraction of sp³-hybridized carbons (Fsp3) is 0.375. The van der Waals surface area contributed by atoms with Gasteiger partial charge < -0.3 is 5.32 Å². The molecule has 2 aromatic carbocycles. The minimum absolute atomic E-state index is 0.157. The van der Waals surface area contributed by atoms with Crippen molar-refractivity contribution in [3.8, 4) is 0 Å². The van der Waals surface area contributed by atoms with E-state index in [9.17, 15) is 18.0 Å². The highest BCUT2D eigenvalue weighted by molar-refractivity contribution is 7.89. The summed E-state index contributed by atoms with van der Waals surface area (Å²) in [6, 6.07) is 13.2. The molecule has 9 heteroatoms. The number of hydrogen-bond donors (Lipinski definition) is 1. The van der Waals surface area contributed by atoms with Gasteiger partial charge in [0, 0.05) is 31.6 Å². The fourth-order valence-corrected chi connectivity index (χ4v) is 4.73. The standard InChI is InChI=1S/C24H30N4O4S/c1-16(2)15-28-24(30)21-9-7-6-8-20(21)22(26-28)23(29)25-14-18-10-12-19(13-11-18)33(31,32)27(5)17(3)4/h6-13,16-17H,14-15H2,1-5H3,(H,25,29). The average Bonchev–Trinajstić information content (AvgIpc) is 2.78. The summed E-state index contributed by atoms with van der Waals surface area (Å²) in [6.07, 6.45) is 0. The summed E-state index contributed by atoms with van der Waals surface area (Å²) in [7, 11) is -2.02. The second-order valence-corrected chi connectivity index (χ2v) is 10.7. The molecule has 0 unspecified atom stereocenters. The first-order valence-corrected chi connectivity index (χ1v) is 12.3. The quantitative estimate of drug-likeness (QED) is 0.545. The number of carbonyl (C=O) groups is 1. The predicted molar refractivity (Wildman–Crippen MR) is 129 cm³/mol. The fourth-order valence-electron chi connectivity index (χ4n) is 3.36. The number of fused-ring (bicyclic) bond motifs is 1. The molecule has 0 atom stereocenters. The number of rotatable bonds is 8. The van der Waals surface area contributed by atoms with Crippen molar-refractivity contribution in [1.82, 2.24) is 19.4 Å². The third-order valence-electron chi connectivity index (χ3n) is 5.40. The maximum absolute atomic E-state index is 13.0. The van der Waals surface area contributed by atoms with E-state index in [1.165, 1.54) is 21.1 Å². The number of carbonyl (C=O) groups excluding carboxylic acids is 1. The van der Waals surface area contributed by atoms with E-state index in [1.807, 2.05) is 27.7 Å². The molecule has 0 aliphatic heterocycles. The molecule has 0 fully saturated rings. The molecule has 3 aromatic rings. The summed E-state index contributed by atoms with van der Waals surface area (Å²) < 4.78 is 27.9. The Bertz CT molecular complexity index is 1310. The number of benzene rings is 2. The number of hydrogen-bond acceptors (Lipinski definition) is 5. The van der Waals surface area contributed by atoms with Gasteiger partial charge in [0.2, 0.25) is 10.0 Å². The summed E-state index contributed by atoms with van der Waals surface area (Å²) in [5.74, 6) is -0.211. The highest BCUT2D eigenvalue weighted by Crippen LogP contribution is 2.18. The van der Waals surface area contributed by atoms with E-state index in [0.29, 0.717) is 17.3 Å². The van der Waals surface area contributed by atoms with Crippen LogP contribution in [0, 0.1) is 5.92 Å². The monoisotopic (exact) mass is 470 g/mol. The molecule has 3 rings (SSSR count). The zero-order valence-corrected chi connectivity index (χ0v) is 20.4. The van der Waals surface area contributed by atoms with Gasteiger partial charge in [-0.05, 0) is 43.5 Å². The van der Waals surface area contributed by atoms with Crippen LogP contribution in [0.2, 0.25) is 0 Å². The van der Waals surface area contributed by atoms with Crippen molar-refractivity contribution in [1.29, 1.82) is 0 Å². The number of nitrogens with one attached hydrogen (secondary N) is 1. The SMILES string of the molecule is CC(C)Cn1nc(C(=O)NCc2ccc(S(=O)(=O)N(C)C(C)C)cc2)c2ccccc2c1=O. The van der Waals surface area contributed by atoms with E-state index in [-0.39, 0.29) is 34.7 Å². The van der Waals surface area contributed by atoms with Crippen LogP contribution >= 0.6 is 0 Å². The number of amides is 1. The summed E-state index contributed by atoms with van der Waals surface area (Å²) in [6.45, 7) is 8.17. The van der Waals surface area contributed by atoms with E-state index in [4.69, 9.17) is 0 Å². The van der Waals surface area contributed by atoms with E-state index >= 15 is 0 Å². The van der Waals surface area contributed by atoms with Crippen LogP contribution in [0.15, 0.2) is 58.2 Å². The van der Waals surface area contributed by atoms with Crippen LogP contribution in [-0.2, 0) is 23.1 Å². The molecule has 0 saturated carbocycles. The smallest absolute Gasteiger partial charge is 0.274 e. The normalized spacial score (nSPS) is 12.1. The Labute approximate surface area is 194 Å². The van der Waals surface area contributed by atoms with Crippen LogP contribution in [0.3, 0.4) is 0 Å². The van der Waals surface area contributed by atoms with Gasteiger partial charge in [0.1, 0.15) is 0 Å². The van der Waals surface area contributed by atoms with Gasteiger partial charge >= 0.3 is 0 Å². The molecular formula is C24H30N4O4S. The van der Waals surface area contributed by atoms with Gasteiger partial charge in [-0.15, -0.1) is 0 Å². The molecule has 1 N–H and O–H groups in total. The van der Waals surface area contributed by atoms with Gasteiger partial charge in [-0.2, -0.15) is 9.40 Å². The number of nitrogens with zero attached hydrogens (tertiary/aromatic N) is 3. The Morgan fingerprint density at radius 3 is 2.21 bits per heavy atom. The molecule has 1 aromatic heterocycles. The third-order valence-corrected chi connectivity index (χ3v) is 7.45. The van der Waals surface area contributed by atoms with Crippen molar-refractivity contribution in [2.45, 2.75) is 51.7 Å². The molecule has 33 heavy (non-hydrogen) atoms. The molecular weight excluding hydrogens is 440 g/mol. The topological polar surface area (TPSA) is 101 Å². The summed E-state index contributed by atoms with van der Waals surface area (Å²) in [4.78, 5) is 25.9. The highest BCUT2D eigenvalue weighted by atomic mass is 32.2. The lowest BCUT2D eigenvalue weighted by Crippen LogP contribution is -2.33. The minimum Gasteiger partial charge on any atom is -0.347 e. The summed E-state index contributed by atoms with van der Waals surface area (Å²) in [5, 5.41) is 8.12. The van der Waals surface area contributed by atoms with Gasteiger partial charge in [-0.25, -0.2) is 13.1 Å². The van der Waals surface area contributed by atoms with E-state index < -0.39 is 15.9 Å². The van der Waals surface area contributed by atoms with E-state index in [0.717, 1.165) is 5.56 Å². The first-order chi connectivity index (χ1) is 15.5. The van der Waals surface area contributed by atoms with E-state index in [2.05, 4.69) is 10.4 Å². The third kappa shape index (κ3) is 5.31. The lowest BCUT2D eigenvalue weighted by Gasteiger charge is -2.21. The summed E-state index contributed by atoms with van der Waals surface area (Å²) in [5.41, 5.74) is 0.705. The van der Waals surface area contributed by atoms with Crippen molar-refractivity contribution in [3.05, 3.63) is 70.1 Å². The molecule has 0 aliphatic rings. The van der Waals surface area contributed by atoms with Crippen molar-refractivity contribution in [3.63, 3.8) is 0 Å². The number of sulfonamides is 1. The Morgan fingerprint density at radius 1 is 1.03 bits per heavy atom. The van der Waals surface area contributed by atoms with Gasteiger partial charge in [0.15, 0.2) is 5.69 Å². The van der Waals surface area contributed by atoms with Gasteiger partial charge in [0.05, 0.1) is 10.3 Å². The van der Waals surface area contributed by atoms with E-state index in [1.54, 1.807) is 43.4 Å². The molecule has 8 nitrogen and oxygen atoms in total. The predicted octanol–water partition coefficient (Wildman–Crippen LogP) is 3.01. The van der Waals surface area contributed by atoms with Gasteiger partial charge in [0.25, 0.3) is 11.5 Å². The Morgan fingerprint density at radius 2 is 1.64 bits per heavy atom. The maximum Gasteiger partial charge on any atom is 0.274 e. The van der Waals surface area contributed by atoms with Crippen LogP contribution in [-0.4, -0.2) is 41.5 Å².